The molecule has 1 heterocycles. The van der Waals surface area contributed by atoms with Gasteiger partial charge in [-0.25, -0.2) is 0 Å². The van der Waals surface area contributed by atoms with Gasteiger partial charge < -0.3 is 24.8 Å². The van der Waals surface area contributed by atoms with Crippen LogP contribution in [-0.4, -0.2) is 59.6 Å². The fourth-order valence-corrected chi connectivity index (χ4v) is 3.12. The smallest absolute Gasteiger partial charge is 0.114 e. The maximum absolute atomic E-state index is 9.85. The van der Waals surface area contributed by atoms with Gasteiger partial charge in [0, 0.05) is 6.61 Å². The van der Waals surface area contributed by atoms with Crippen molar-refractivity contribution in [3.8, 4) is 0 Å². The fraction of sp³-hybridized carbons (Fsp3) is 0.900. The molecule has 1 rings (SSSR count). The zero-order valence-corrected chi connectivity index (χ0v) is 15.8. The van der Waals surface area contributed by atoms with Gasteiger partial charge in [0.05, 0.1) is 13.2 Å². The molecule has 4 atom stereocenters. The van der Waals surface area contributed by atoms with E-state index < -0.39 is 24.4 Å². The molecule has 1 aliphatic rings. The summed E-state index contributed by atoms with van der Waals surface area (Å²) < 4.78 is 11.0. The molecule has 1 aliphatic heterocycles. The lowest BCUT2D eigenvalue weighted by Gasteiger charge is -2.23. The highest BCUT2D eigenvalue weighted by Gasteiger charge is 2.40. The Hall–Kier alpha value is -0.460. The second-order valence-corrected chi connectivity index (χ2v) is 6.97. The highest BCUT2D eigenvalue weighted by molar-refractivity contribution is 4.89. The summed E-state index contributed by atoms with van der Waals surface area (Å²) in [6.45, 7) is 2.55. The molecule has 0 aromatic heterocycles. The molecule has 0 aromatic carbocycles. The van der Waals surface area contributed by atoms with Crippen molar-refractivity contribution in [2.75, 3.05) is 19.8 Å². The number of unbranched alkanes of at least 4 members (excludes halogenated alkanes) is 8. The van der Waals surface area contributed by atoms with Gasteiger partial charge in [-0.15, -0.1) is 0 Å². The standard InChI is InChI=1S/C20H38O5/c1-2-3-4-5-6-7-8-9-10-11-12-13-14-24-20-18(23)16-25-19(20)17(22)15-21/h6-7,17-23H,2-5,8-16H2,1H3/b7-6+/t17-,18+,19-,20-/m0/s1. The van der Waals surface area contributed by atoms with Crippen LogP contribution in [0, 0.1) is 0 Å². The SMILES string of the molecule is CCCCC/C=C/CCCCCCCO[C@@H]1[C@H]([C@@H](O)CO)OC[C@H]1O. The first-order chi connectivity index (χ1) is 12.2. The Labute approximate surface area is 153 Å². The lowest BCUT2D eigenvalue weighted by Crippen LogP contribution is -2.42. The van der Waals surface area contributed by atoms with E-state index in [0.717, 1.165) is 12.8 Å². The van der Waals surface area contributed by atoms with E-state index in [-0.39, 0.29) is 13.2 Å². The van der Waals surface area contributed by atoms with Gasteiger partial charge >= 0.3 is 0 Å². The number of allylic oxidation sites excluding steroid dienone is 2. The Morgan fingerprint density at radius 2 is 1.68 bits per heavy atom. The van der Waals surface area contributed by atoms with E-state index in [2.05, 4.69) is 19.1 Å². The maximum Gasteiger partial charge on any atom is 0.114 e. The molecular formula is C20H38O5. The molecule has 1 fully saturated rings. The predicted molar refractivity (Wildman–Crippen MR) is 99.6 cm³/mol. The molecule has 0 amide bonds. The summed E-state index contributed by atoms with van der Waals surface area (Å²) in [5.41, 5.74) is 0. The monoisotopic (exact) mass is 358 g/mol. The van der Waals surface area contributed by atoms with Crippen molar-refractivity contribution in [1.29, 1.82) is 0 Å². The molecule has 0 aliphatic carbocycles. The van der Waals surface area contributed by atoms with E-state index in [9.17, 15) is 10.2 Å². The van der Waals surface area contributed by atoms with Crippen LogP contribution in [-0.2, 0) is 9.47 Å². The van der Waals surface area contributed by atoms with Gasteiger partial charge in [-0.3, -0.25) is 0 Å². The molecule has 0 radical (unpaired) electrons. The van der Waals surface area contributed by atoms with Gasteiger partial charge in [-0.1, -0.05) is 51.2 Å². The summed E-state index contributed by atoms with van der Waals surface area (Å²) in [5, 5.41) is 28.5. The maximum atomic E-state index is 9.85. The fourth-order valence-electron chi connectivity index (χ4n) is 3.12. The summed E-state index contributed by atoms with van der Waals surface area (Å²) in [6.07, 6.45) is 13.8. The number of aliphatic hydroxyl groups is 3. The molecule has 148 valence electrons. The molecule has 5 heteroatoms. The summed E-state index contributed by atoms with van der Waals surface area (Å²) in [4.78, 5) is 0. The third-order valence-corrected chi connectivity index (χ3v) is 4.70. The second kappa shape index (κ2) is 14.7. The van der Waals surface area contributed by atoms with Crippen LogP contribution in [0.4, 0.5) is 0 Å². The minimum atomic E-state index is -1.00. The zero-order valence-electron chi connectivity index (χ0n) is 15.8. The first-order valence-corrected chi connectivity index (χ1v) is 10.1. The Morgan fingerprint density at radius 1 is 1.04 bits per heavy atom. The van der Waals surface area contributed by atoms with Crippen molar-refractivity contribution in [2.45, 2.75) is 95.5 Å². The highest BCUT2D eigenvalue weighted by atomic mass is 16.6. The van der Waals surface area contributed by atoms with Crippen molar-refractivity contribution in [3.63, 3.8) is 0 Å². The van der Waals surface area contributed by atoms with Crippen molar-refractivity contribution in [1.82, 2.24) is 0 Å². The summed E-state index contributed by atoms with van der Waals surface area (Å²) in [7, 11) is 0. The topological polar surface area (TPSA) is 79.2 Å². The third-order valence-electron chi connectivity index (χ3n) is 4.70. The Bertz CT molecular complexity index is 334. The summed E-state index contributed by atoms with van der Waals surface area (Å²) in [6, 6.07) is 0. The van der Waals surface area contributed by atoms with Crippen LogP contribution >= 0.6 is 0 Å². The van der Waals surface area contributed by atoms with Crippen LogP contribution < -0.4 is 0 Å². The quantitative estimate of drug-likeness (QED) is 0.310. The lowest BCUT2D eigenvalue weighted by molar-refractivity contribution is -0.0938. The van der Waals surface area contributed by atoms with Crippen molar-refractivity contribution < 1.29 is 24.8 Å². The number of hydrogen-bond donors (Lipinski definition) is 3. The van der Waals surface area contributed by atoms with E-state index in [0.29, 0.717) is 6.61 Å². The Kier molecular flexibility index (Phi) is 13.3. The highest BCUT2D eigenvalue weighted by Crippen LogP contribution is 2.21. The largest absolute Gasteiger partial charge is 0.394 e. The molecule has 1 saturated heterocycles. The minimum Gasteiger partial charge on any atom is -0.394 e. The van der Waals surface area contributed by atoms with Crippen LogP contribution in [0.1, 0.15) is 71.1 Å². The summed E-state index contributed by atoms with van der Waals surface area (Å²) >= 11 is 0. The van der Waals surface area contributed by atoms with E-state index in [1.165, 1.54) is 51.4 Å². The molecule has 25 heavy (non-hydrogen) atoms. The Morgan fingerprint density at radius 3 is 2.36 bits per heavy atom. The van der Waals surface area contributed by atoms with Crippen LogP contribution in [0.3, 0.4) is 0 Å². The van der Waals surface area contributed by atoms with E-state index in [4.69, 9.17) is 14.6 Å². The Balaban J connectivity index is 1.96. The van der Waals surface area contributed by atoms with Crippen molar-refractivity contribution in [2.24, 2.45) is 0 Å². The molecule has 3 N–H and O–H groups in total. The molecule has 0 bridgehead atoms. The van der Waals surface area contributed by atoms with Crippen molar-refractivity contribution >= 4 is 0 Å². The van der Waals surface area contributed by atoms with Gasteiger partial charge in [0.25, 0.3) is 0 Å². The number of aliphatic hydroxyl groups excluding tert-OH is 3. The van der Waals surface area contributed by atoms with Crippen LogP contribution in [0.5, 0.6) is 0 Å². The van der Waals surface area contributed by atoms with Gasteiger partial charge in [0.1, 0.15) is 24.4 Å². The minimum absolute atomic E-state index is 0.151. The molecule has 0 spiro atoms. The van der Waals surface area contributed by atoms with Gasteiger partial charge in [-0.05, 0) is 32.1 Å². The first kappa shape index (κ1) is 22.6. The van der Waals surface area contributed by atoms with Crippen molar-refractivity contribution in [3.05, 3.63) is 12.2 Å². The van der Waals surface area contributed by atoms with E-state index >= 15 is 0 Å². The molecular weight excluding hydrogens is 320 g/mol. The number of rotatable bonds is 15. The zero-order chi connectivity index (χ0) is 18.3. The molecule has 0 saturated carbocycles. The number of hydrogen-bond acceptors (Lipinski definition) is 5. The average molecular weight is 359 g/mol. The van der Waals surface area contributed by atoms with Gasteiger partial charge in [0.2, 0.25) is 0 Å². The second-order valence-electron chi connectivity index (χ2n) is 6.97. The predicted octanol–water partition coefficient (Wildman–Crippen LogP) is 2.96. The van der Waals surface area contributed by atoms with E-state index in [1.54, 1.807) is 0 Å². The van der Waals surface area contributed by atoms with Crippen LogP contribution in [0.15, 0.2) is 12.2 Å². The average Bonchev–Trinajstić information content (AvgIpc) is 2.99. The lowest BCUT2D eigenvalue weighted by atomic mass is 10.1. The molecule has 5 nitrogen and oxygen atoms in total. The van der Waals surface area contributed by atoms with E-state index in [1.807, 2.05) is 0 Å². The number of ether oxygens (including phenoxy) is 2. The van der Waals surface area contributed by atoms with Gasteiger partial charge in [-0.2, -0.15) is 0 Å². The third kappa shape index (κ3) is 9.71. The summed E-state index contributed by atoms with van der Waals surface area (Å²) in [5.74, 6) is 0. The van der Waals surface area contributed by atoms with Crippen LogP contribution in [0.25, 0.3) is 0 Å². The normalized spacial score (nSPS) is 25.0. The van der Waals surface area contributed by atoms with Gasteiger partial charge in [0.15, 0.2) is 0 Å². The first-order valence-electron chi connectivity index (χ1n) is 10.1. The molecule has 0 aromatic rings. The van der Waals surface area contributed by atoms with Crippen LogP contribution in [0.2, 0.25) is 0 Å². The molecule has 0 unspecified atom stereocenters.